The first-order valence-corrected chi connectivity index (χ1v) is 8.38. The molecule has 5 heteroatoms. The molecule has 134 valence electrons. The molecular weight excluding hydrogens is 320 g/mol. The number of ether oxygens (including phenoxy) is 3. The zero-order valence-electron chi connectivity index (χ0n) is 14.7. The van der Waals surface area contributed by atoms with Crippen LogP contribution < -0.4 is 9.47 Å². The van der Waals surface area contributed by atoms with Gasteiger partial charge in [-0.3, -0.25) is 0 Å². The highest BCUT2D eigenvalue weighted by molar-refractivity contribution is 5.43. The molecule has 1 fully saturated rings. The second kappa shape index (κ2) is 7.23. The van der Waals surface area contributed by atoms with E-state index in [1.165, 1.54) is 0 Å². The molecule has 25 heavy (non-hydrogen) atoms. The first-order chi connectivity index (χ1) is 12.0. The Morgan fingerprint density at radius 3 is 2.32 bits per heavy atom. The van der Waals surface area contributed by atoms with Gasteiger partial charge in [-0.15, -0.1) is 0 Å². The van der Waals surface area contributed by atoms with Crippen molar-refractivity contribution in [3.05, 3.63) is 47.5 Å². The lowest BCUT2D eigenvalue weighted by Gasteiger charge is -2.20. The van der Waals surface area contributed by atoms with Crippen LogP contribution in [-0.4, -0.2) is 31.0 Å². The van der Waals surface area contributed by atoms with E-state index in [0.29, 0.717) is 29.9 Å². The molecule has 0 aromatic heterocycles. The van der Waals surface area contributed by atoms with Gasteiger partial charge in [-0.2, -0.15) is 0 Å². The average molecular weight is 344 g/mol. The monoisotopic (exact) mass is 344 g/mol. The Morgan fingerprint density at radius 2 is 1.64 bits per heavy atom. The van der Waals surface area contributed by atoms with E-state index in [2.05, 4.69) is 6.92 Å². The molecule has 1 aliphatic heterocycles. The van der Waals surface area contributed by atoms with Crippen molar-refractivity contribution >= 4 is 0 Å². The number of phenols is 2. The number of benzene rings is 2. The molecule has 0 spiro atoms. The van der Waals surface area contributed by atoms with Crippen LogP contribution in [0.2, 0.25) is 0 Å². The van der Waals surface area contributed by atoms with Crippen LogP contribution in [0.15, 0.2) is 36.4 Å². The van der Waals surface area contributed by atoms with Crippen molar-refractivity contribution in [1.29, 1.82) is 0 Å². The standard InChI is InChI=1S/C20H24O5/c1-12-15(8-13-4-6-16(21)18(9-13)23-2)11-25-20(12)14-5-7-17(22)19(10-14)24-3/h4-7,9-10,12,15,20-22H,8,11H2,1-3H3. The van der Waals surface area contributed by atoms with Gasteiger partial charge in [0.05, 0.1) is 26.9 Å². The summed E-state index contributed by atoms with van der Waals surface area (Å²) in [5, 5.41) is 19.5. The van der Waals surface area contributed by atoms with Gasteiger partial charge in [0.15, 0.2) is 23.0 Å². The summed E-state index contributed by atoms with van der Waals surface area (Å²) in [6.45, 7) is 2.84. The lowest BCUT2D eigenvalue weighted by molar-refractivity contribution is 0.0932. The highest BCUT2D eigenvalue weighted by Crippen LogP contribution is 2.42. The highest BCUT2D eigenvalue weighted by atomic mass is 16.5. The average Bonchev–Trinajstić information content (AvgIpc) is 2.97. The van der Waals surface area contributed by atoms with Crippen LogP contribution in [0.25, 0.3) is 0 Å². The molecule has 1 saturated heterocycles. The number of aromatic hydroxyl groups is 2. The Hall–Kier alpha value is -2.40. The third kappa shape index (κ3) is 3.51. The molecule has 0 radical (unpaired) electrons. The van der Waals surface area contributed by atoms with E-state index in [1.54, 1.807) is 26.4 Å². The zero-order chi connectivity index (χ0) is 18.0. The van der Waals surface area contributed by atoms with Gasteiger partial charge in [0.1, 0.15) is 0 Å². The van der Waals surface area contributed by atoms with Crippen LogP contribution in [-0.2, 0) is 11.2 Å². The largest absolute Gasteiger partial charge is 0.504 e. The molecule has 2 aromatic rings. The van der Waals surface area contributed by atoms with Crippen LogP contribution in [0.1, 0.15) is 24.2 Å². The van der Waals surface area contributed by atoms with E-state index in [9.17, 15) is 10.2 Å². The molecule has 5 nitrogen and oxygen atoms in total. The molecule has 2 N–H and O–H groups in total. The summed E-state index contributed by atoms with van der Waals surface area (Å²) in [7, 11) is 3.09. The number of phenolic OH excluding ortho intramolecular Hbond substituents is 2. The van der Waals surface area contributed by atoms with Crippen LogP contribution in [0.3, 0.4) is 0 Å². The molecule has 1 aliphatic rings. The minimum absolute atomic E-state index is 0.0292. The lowest BCUT2D eigenvalue weighted by Crippen LogP contribution is -2.14. The summed E-state index contributed by atoms with van der Waals surface area (Å²) in [5.41, 5.74) is 2.12. The topological polar surface area (TPSA) is 68.2 Å². The minimum Gasteiger partial charge on any atom is -0.504 e. The molecule has 0 amide bonds. The van der Waals surface area contributed by atoms with Crippen molar-refractivity contribution in [3.8, 4) is 23.0 Å². The molecule has 1 heterocycles. The normalized spacial score (nSPS) is 22.8. The zero-order valence-corrected chi connectivity index (χ0v) is 14.7. The molecule has 3 unspecified atom stereocenters. The fourth-order valence-electron chi connectivity index (χ4n) is 3.45. The van der Waals surface area contributed by atoms with Gasteiger partial charge in [0, 0.05) is 0 Å². The van der Waals surface area contributed by atoms with Crippen molar-refractivity contribution < 1.29 is 24.4 Å². The molecule has 3 atom stereocenters. The SMILES string of the molecule is COc1cc(CC2COC(c3ccc(O)c(OC)c3)C2C)ccc1O. The fourth-order valence-corrected chi connectivity index (χ4v) is 3.45. The van der Waals surface area contributed by atoms with E-state index in [0.717, 1.165) is 17.5 Å². The van der Waals surface area contributed by atoms with Gasteiger partial charge in [0.25, 0.3) is 0 Å². The highest BCUT2D eigenvalue weighted by Gasteiger charge is 2.35. The van der Waals surface area contributed by atoms with E-state index in [4.69, 9.17) is 14.2 Å². The Balaban J connectivity index is 1.74. The molecular formula is C20H24O5. The van der Waals surface area contributed by atoms with Crippen molar-refractivity contribution in [2.24, 2.45) is 11.8 Å². The molecule has 0 aliphatic carbocycles. The van der Waals surface area contributed by atoms with Gasteiger partial charge in [0.2, 0.25) is 0 Å². The first kappa shape index (κ1) is 17.4. The quantitative estimate of drug-likeness (QED) is 0.866. The Morgan fingerprint density at radius 1 is 1.00 bits per heavy atom. The summed E-state index contributed by atoms with van der Waals surface area (Å²) < 4.78 is 16.4. The molecule has 0 bridgehead atoms. The van der Waals surface area contributed by atoms with E-state index in [-0.39, 0.29) is 17.6 Å². The number of hydrogen-bond donors (Lipinski definition) is 2. The summed E-state index contributed by atoms with van der Waals surface area (Å²) in [4.78, 5) is 0. The van der Waals surface area contributed by atoms with E-state index >= 15 is 0 Å². The minimum atomic E-state index is -0.0292. The predicted molar refractivity (Wildman–Crippen MR) is 94.4 cm³/mol. The van der Waals surface area contributed by atoms with Gasteiger partial charge >= 0.3 is 0 Å². The Bertz CT molecular complexity index is 743. The summed E-state index contributed by atoms with van der Waals surface area (Å²) in [6.07, 6.45) is 0.822. The maximum absolute atomic E-state index is 9.76. The number of rotatable bonds is 5. The maximum atomic E-state index is 9.76. The Kier molecular flexibility index (Phi) is 5.04. The van der Waals surface area contributed by atoms with Gasteiger partial charge < -0.3 is 24.4 Å². The molecule has 0 saturated carbocycles. The summed E-state index contributed by atoms with van der Waals surface area (Å²) >= 11 is 0. The third-order valence-electron chi connectivity index (χ3n) is 4.99. The van der Waals surface area contributed by atoms with Crippen LogP contribution in [0.4, 0.5) is 0 Å². The second-order valence-electron chi connectivity index (χ2n) is 6.51. The summed E-state index contributed by atoms with van der Waals surface area (Å²) in [5.74, 6) is 1.90. The summed E-state index contributed by atoms with van der Waals surface area (Å²) in [6, 6.07) is 10.8. The first-order valence-electron chi connectivity index (χ1n) is 8.38. The van der Waals surface area contributed by atoms with Crippen LogP contribution >= 0.6 is 0 Å². The third-order valence-corrected chi connectivity index (χ3v) is 4.99. The van der Waals surface area contributed by atoms with Crippen LogP contribution in [0, 0.1) is 11.8 Å². The van der Waals surface area contributed by atoms with Gasteiger partial charge in [-0.05, 0) is 53.6 Å². The van der Waals surface area contributed by atoms with E-state index < -0.39 is 0 Å². The molecule has 3 rings (SSSR count). The fraction of sp³-hybridized carbons (Fsp3) is 0.400. The predicted octanol–water partition coefficient (Wildman–Crippen LogP) is 3.68. The Labute approximate surface area is 147 Å². The van der Waals surface area contributed by atoms with Gasteiger partial charge in [-0.1, -0.05) is 19.1 Å². The number of hydrogen-bond acceptors (Lipinski definition) is 5. The second-order valence-corrected chi connectivity index (χ2v) is 6.51. The lowest BCUT2D eigenvalue weighted by atomic mass is 9.85. The van der Waals surface area contributed by atoms with Crippen molar-refractivity contribution in [2.45, 2.75) is 19.4 Å². The maximum Gasteiger partial charge on any atom is 0.160 e. The van der Waals surface area contributed by atoms with Crippen LogP contribution in [0.5, 0.6) is 23.0 Å². The van der Waals surface area contributed by atoms with Gasteiger partial charge in [-0.25, -0.2) is 0 Å². The van der Waals surface area contributed by atoms with Crippen molar-refractivity contribution in [3.63, 3.8) is 0 Å². The van der Waals surface area contributed by atoms with Crippen molar-refractivity contribution in [2.75, 3.05) is 20.8 Å². The smallest absolute Gasteiger partial charge is 0.160 e. The van der Waals surface area contributed by atoms with E-state index in [1.807, 2.05) is 24.3 Å². The molecule has 2 aromatic carbocycles. The number of methoxy groups -OCH3 is 2. The van der Waals surface area contributed by atoms with Crippen molar-refractivity contribution in [1.82, 2.24) is 0 Å².